The number of hydrogen-bond acceptors (Lipinski definition) is 4. The van der Waals surface area contributed by atoms with Gasteiger partial charge in [-0.1, -0.05) is 42.5 Å². The van der Waals surface area contributed by atoms with E-state index >= 15 is 0 Å². The smallest absolute Gasteiger partial charge is 0.410 e. The monoisotopic (exact) mass is 410 g/mol. The fourth-order valence-electron chi connectivity index (χ4n) is 3.59. The van der Waals surface area contributed by atoms with Crippen molar-refractivity contribution in [1.29, 1.82) is 0 Å². The van der Waals surface area contributed by atoms with Crippen LogP contribution in [0, 0.1) is 5.92 Å². The van der Waals surface area contributed by atoms with Crippen LogP contribution in [-0.2, 0) is 16.1 Å². The summed E-state index contributed by atoms with van der Waals surface area (Å²) in [4.78, 5) is 26.7. The van der Waals surface area contributed by atoms with Gasteiger partial charge in [-0.25, -0.2) is 4.79 Å². The minimum Gasteiger partial charge on any atom is -0.494 e. The van der Waals surface area contributed by atoms with Crippen molar-refractivity contribution < 1.29 is 19.1 Å². The molecule has 6 nitrogen and oxygen atoms in total. The molecular weight excluding hydrogens is 380 g/mol. The number of nitrogens with one attached hydrogen (secondary N) is 1. The van der Waals surface area contributed by atoms with E-state index in [4.69, 9.17) is 9.47 Å². The largest absolute Gasteiger partial charge is 0.494 e. The topological polar surface area (TPSA) is 67.9 Å². The van der Waals surface area contributed by atoms with Crippen LogP contribution in [0.25, 0.3) is 0 Å². The Labute approximate surface area is 178 Å². The molecule has 2 aromatic rings. The summed E-state index contributed by atoms with van der Waals surface area (Å²) in [5.74, 6) is 0.737. The first-order valence-electron chi connectivity index (χ1n) is 10.6. The second-order valence-corrected chi connectivity index (χ2v) is 7.54. The zero-order valence-corrected chi connectivity index (χ0v) is 17.7. The molecule has 1 atom stereocenters. The summed E-state index contributed by atoms with van der Waals surface area (Å²) in [5, 5.41) is 3.10. The summed E-state index contributed by atoms with van der Waals surface area (Å²) >= 11 is 0. The molecule has 160 valence electrons. The van der Waals surface area contributed by atoms with E-state index in [0.29, 0.717) is 32.5 Å². The molecule has 3 rings (SSSR count). The number of carbonyl (C=O) groups is 2. The molecule has 0 saturated carbocycles. The molecule has 1 saturated heterocycles. The van der Waals surface area contributed by atoms with Gasteiger partial charge in [-0.05, 0) is 49.9 Å². The van der Waals surface area contributed by atoms with E-state index in [2.05, 4.69) is 5.32 Å². The van der Waals surface area contributed by atoms with Gasteiger partial charge >= 0.3 is 6.09 Å². The quantitative estimate of drug-likeness (QED) is 0.739. The van der Waals surface area contributed by atoms with Crippen molar-refractivity contribution in [3.8, 4) is 5.75 Å². The number of nitrogens with zero attached hydrogens (tertiary/aromatic N) is 1. The summed E-state index contributed by atoms with van der Waals surface area (Å²) in [7, 11) is 0. The number of amides is 2. The molecule has 1 fully saturated rings. The highest BCUT2D eigenvalue weighted by Gasteiger charge is 2.28. The van der Waals surface area contributed by atoms with Crippen LogP contribution >= 0.6 is 0 Å². The molecule has 0 aliphatic carbocycles. The van der Waals surface area contributed by atoms with Crippen molar-refractivity contribution >= 4 is 12.0 Å². The SMILES string of the molecule is CCOc1cccc(C(C)NC(=O)C2CCN(C(=O)OCc3ccccc3)CC2)c1. The van der Waals surface area contributed by atoms with Crippen LogP contribution in [0.2, 0.25) is 0 Å². The highest BCUT2D eigenvalue weighted by Crippen LogP contribution is 2.22. The summed E-state index contributed by atoms with van der Waals surface area (Å²) in [6.45, 7) is 5.84. The molecule has 0 spiro atoms. The maximum absolute atomic E-state index is 12.7. The van der Waals surface area contributed by atoms with Gasteiger partial charge in [0, 0.05) is 19.0 Å². The zero-order chi connectivity index (χ0) is 21.3. The van der Waals surface area contributed by atoms with Gasteiger partial charge in [0.05, 0.1) is 12.6 Å². The first-order valence-corrected chi connectivity index (χ1v) is 10.6. The van der Waals surface area contributed by atoms with Gasteiger partial charge in [0.2, 0.25) is 5.91 Å². The van der Waals surface area contributed by atoms with Crippen molar-refractivity contribution in [1.82, 2.24) is 10.2 Å². The molecule has 0 aromatic heterocycles. The first-order chi connectivity index (χ1) is 14.6. The average molecular weight is 411 g/mol. The lowest BCUT2D eigenvalue weighted by molar-refractivity contribution is -0.127. The number of ether oxygens (including phenoxy) is 2. The predicted molar refractivity (Wildman–Crippen MR) is 115 cm³/mol. The maximum atomic E-state index is 12.7. The third-order valence-electron chi connectivity index (χ3n) is 5.36. The van der Waals surface area contributed by atoms with Gasteiger partial charge in [-0.2, -0.15) is 0 Å². The first kappa shape index (κ1) is 21.7. The molecule has 2 aromatic carbocycles. The van der Waals surface area contributed by atoms with Crippen LogP contribution < -0.4 is 10.1 Å². The van der Waals surface area contributed by atoms with Gasteiger partial charge in [-0.15, -0.1) is 0 Å². The van der Waals surface area contributed by atoms with Gasteiger partial charge in [-0.3, -0.25) is 4.79 Å². The van der Waals surface area contributed by atoms with Gasteiger partial charge in [0.15, 0.2) is 0 Å². The Morgan fingerprint density at radius 2 is 1.83 bits per heavy atom. The van der Waals surface area contributed by atoms with E-state index in [9.17, 15) is 9.59 Å². The predicted octanol–water partition coefficient (Wildman–Crippen LogP) is 4.31. The Bertz CT molecular complexity index is 832. The summed E-state index contributed by atoms with van der Waals surface area (Å²) < 4.78 is 10.9. The number of benzene rings is 2. The van der Waals surface area contributed by atoms with Crippen LogP contribution in [0.4, 0.5) is 4.79 Å². The van der Waals surface area contributed by atoms with Crippen LogP contribution in [0.3, 0.4) is 0 Å². The molecule has 6 heteroatoms. The van der Waals surface area contributed by atoms with E-state index in [0.717, 1.165) is 16.9 Å². The summed E-state index contributed by atoms with van der Waals surface area (Å²) in [5.41, 5.74) is 1.97. The zero-order valence-electron chi connectivity index (χ0n) is 17.7. The third kappa shape index (κ3) is 5.99. The van der Waals surface area contributed by atoms with E-state index in [1.807, 2.05) is 68.4 Å². The highest BCUT2D eigenvalue weighted by molar-refractivity contribution is 5.79. The number of rotatable bonds is 7. The van der Waals surface area contributed by atoms with E-state index in [1.165, 1.54) is 0 Å². The van der Waals surface area contributed by atoms with Crippen molar-refractivity contribution in [3.05, 3.63) is 65.7 Å². The highest BCUT2D eigenvalue weighted by atomic mass is 16.6. The molecule has 1 heterocycles. The molecule has 1 aliphatic heterocycles. The lowest BCUT2D eigenvalue weighted by Crippen LogP contribution is -2.43. The Morgan fingerprint density at radius 1 is 1.10 bits per heavy atom. The molecule has 1 aliphatic rings. The lowest BCUT2D eigenvalue weighted by atomic mass is 9.95. The van der Waals surface area contributed by atoms with E-state index in [1.54, 1.807) is 4.90 Å². The van der Waals surface area contributed by atoms with Gasteiger partial charge in [0.25, 0.3) is 0 Å². The molecule has 0 bridgehead atoms. The van der Waals surface area contributed by atoms with E-state index in [-0.39, 0.29) is 30.6 Å². The Balaban J connectivity index is 1.44. The van der Waals surface area contributed by atoms with Crippen LogP contribution in [0.5, 0.6) is 5.75 Å². The normalized spacial score (nSPS) is 15.3. The molecule has 2 amide bonds. The fourth-order valence-corrected chi connectivity index (χ4v) is 3.59. The van der Waals surface area contributed by atoms with Crippen LogP contribution in [-0.4, -0.2) is 36.6 Å². The van der Waals surface area contributed by atoms with Crippen molar-refractivity contribution in [2.75, 3.05) is 19.7 Å². The third-order valence-corrected chi connectivity index (χ3v) is 5.36. The second-order valence-electron chi connectivity index (χ2n) is 7.54. The lowest BCUT2D eigenvalue weighted by Gasteiger charge is -2.31. The van der Waals surface area contributed by atoms with Crippen LogP contribution in [0.1, 0.15) is 43.9 Å². The second kappa shape index (κ2) is 10.7. The van der Waals surface area contributed by atoms with Gasteiger partial charge < -0.3 is 19.7 Å². The minimum absolute atomic E-state index is 0.0293. The average Bonchev–Trinajstić information content (AvgIpc) is 2.78. The van der Waals surface area contributed by atoms with Crippen molar-refractivity contribution in [2.45, 2.75) is 39.3 Å². The number of likely N-dealkylation sites (tertiary alicyclic amines) is 1. The van der Waals surface area contributed by atoms with Gasteiger partial charge in [0.1, 0.15) is 12.4 Å². The fraction of sp³-hybridized carbons (Fsp3) is 0.417. The molecular formula is C24H30N2O4. The number of hydrogen-bond donors (Lipinski definition) is 1. The summed E-state index contributed by atoms with van der Waals surface area (Å²) in [6, 6.07) is 17.3. The number of carbonyl (C=O) groups excluding carboxylic acids is 2. The molecule has 0 radical (unpaired) electrons. The Kier molecular flexibility index (Phi) is 7.71. The maximum Gasteiger partial charge on any atom is 0.410 e. The molecule has 30 heavy (non-hydrogen) atoms. The molecule has 1 N–H and O–H groups in total. The van der Waals surface area contributed by atoms with Crippen LogP contribution in [0.15, 0.2) is 54.6 Å². The standard InChI is InChI=1S/C24H30N2O4/c1-3-29-22-11-7-10-21(16-22)18(2)25-23(27)20-12-14-26(15-13-20)24(28)30-17-19-8-5-4-6-9-19/h4-11,16,18,20H,3,12-15,17H2,1-2H3,(H,25,27). The Morgan fingerprint density at radius 3 is 2.53 bits per heavy atom. The molecule has 1 unspecified atom stereocenters. The minimum atomic E-state index is -0.321. The van der Waals surface area contributed by atoms with Crippen molar-refractivity contribution in [2.24, 2.45) is 5.92 Å². The Hall–Kier alpha value is -3.02. The van der Waals surface area contributed by atoms with E-state index < -0.39 is 0 Å². The summed E-state index contributed by atoms with van der Waals surface area (Å²) in [6.07, 6.45) is 0.953. The van der Waals surface area contributed by atoms with Crippen molar-refractivity contribution in [3.63, 3.8) is 0 Å². The number of piperidine rings is 1.